The van der Waals surface area contributed by atoms with E-state index >= 15 is 4.39 Å². The number of rotatable bonds is 25. The molecular weight excluding hydrogens is 1470 g/mol. The molecule has 0 aliphatic carbocycles. The summed E-state index contributed by atoms with van der Waals surface area (Å²) < 4.78 is 142. The summed E-state index contributed by atoms with van der Waals surface area (Å²) in [5.41, 5.74) is 16.2. The minimum absolute atomic E-state index is 0.0373. The van der Waals surface area contributed by atoms with Crippen molar-refractivity contribution in [2.75, 3.05) is 56.5 Å². The third-order valence-electron chi connectivity index (χ3n) is 15.6. The van der Waals surface area contributed by atoms with E-state index in [2.05, 4.69) is 68.0 Å². The van der Waals surface area contributed by atoms with Gasteiger partial charge in [0, 0.05) is 7.11 Å². The lowest BCUT2D eigenvalue weighted by molar-refractivity contribution is -0.750. The number of ether oxygens (including phenoxy) is 5. The fourth-order valence-electron chi connectivity index (χ4n) is 11.2. The molecule has 0 bridgehead atoms. The van der Waals surface area contributed by atoms with Gasteiger partial charge in [0.1, 0.15) is 85.7 Å². The number of hydrogen-bond acceptors (Lipinski definition) is 42. The number of aryl methyl sites for hydroxylation is 1. The quantitative estimate of drug-likeness (QED) is 0.0187. The van der Waals surface area contributed by atoms with Crippen LogP contribution in [0.1, 0.15) is 31.8 Å². The zero-order valence-electron chi connectivity index (χ0n) is 50.0. The summed E-state index contributed by atoms with van der Waals surface area (Å²) in [5.74, 6) is -1.39. The highest BCUT2D eigenvalue weighted by Crippen LogP contribution is 2.63. The summed E-state index contributed by atoms with van der Waals surface area (Å²) in [4.78, 5) is 144. The molecule has 12 rings (SSSR count). The second kappa shape index (κ2) is 26.7. The van der Waals surface area contributed by atoms with E-state index in [1.54, 1.807) is 0 Å². The van der Waals surface area contributed by atoms with E-state index in [0.717, 1.165) is 63.9 Å². The zero-order valence-corrected chi connectivity index (χ0v) is 55.3. The number of imidazole rings is 4. The Hall–Kier alpha value is -6.58. The molecule has 0 radical (unpaired) electrons. The number of fused-ring (bicyclic) bond motifs is 4. The molecule has 4 fully saturated rings. The van der Waals surface area contributed by atoms with Crippen LogP contribution in [0, 0.1) is 0 Å². The van der Waals surface area contributed by atoms with E-state index < -0.39 is 191 Å². The SMILES string of the molecule is COC1C(OP([O-])(=S)OCC2OC(n3cnc4c(=O)[nH]c(N)nc43)C(O)C2OP(=O)([O-])OCC2OC(n3cnc4c(=O)[nH]c(N)nc43)C(O)C2O)C(COP(=O)([O-])OP(=O)([O-])OP(=O)([O-])OCC2OC([n+]3cn(C)c4c(=O)[nH]c(N)nc43)C(C)(F)C2O)OC1n1cnc2c(N)ncnc21. The second-order valence-corrected chi connectivity index (χ2v) is 30.7. The molecule has 0 amide bonds. The van der Waals surface area contributed by atoms with Crippen molar-refractivity contribution in [2.45, 2.75) is 105 Å². The lowest BCUT2D eigenvalue weighted by Crippen LogP contribution is -2.51. The first-order valence-corrected chi connectivity index (χ1v) is 36.4. The molecule has 8 aromatic heterocycles. The molecule has 0 aromatic carbocycles. The number of hydrogen-bond donors (Lipinski definition) is 11. The molecule has 8 aromatic rings. The van der Waals surface area contributed by atoms with Crippen molar-refractivity contribution in [3.63, 3.8) is 0 Å². The fourth-order valence-corrected chi connectivity index (χ4v) is 16.9. The zero-order chi connectivity index (χ0) is 71.5. The van der Waals surface area contributed by atoms with Crippen molar-refractivity contribution in [1.82, 2.24) is 73.1 Å². The van der Waals surface area contributed by atoms with Crippen LogP contribution in [-0.2, 0) is 96.6 Å². The van der Waals surface area contributed by atoms with Gasteiger partial charge in [0.2, 0.25) is 23.6 Å². The standard InChI is InChI=1S/C43H56FN20O29P5S/c1-43(44)27(68)16(89-39(43)64-12-60(2)20-32(64)56-42(48)59-35(20)71)7-84-96(76,77)93-97(78,79)92-95(74,75)83-5-15-25(26(81-3)38(88-15)61-9-51-17-28(45)49-8-50-29(17)61)91-98(80,99)85-6-14-24(23(67)37(87-14)63-11-53-19-31(63)55-41(47)58-34(19)70)90-94(72,73)82-4-13-21(65)22(66)36(86-13)62-10-52-18-30(62)54-40(46)57-33(18)69/h8-16,21-27,36-39,65-68H,4-7H2,1-3H3,(H15-,45,46,47,48,49,50,54,55,56,57,58,59,69,70,71,72,73,74,75,76,77,78,79,80,99)/p-4. The van der Waals surface area contributed by atoms with Crippen molar-refractivity contribution in [3.8, 4) is 0 Å². The number of nitrogens with two attached hydrogens (primary N) is 4. The maximum Gasteiger partial charge on any atom is 0.313 e. The van der Waals surface area contributed by atoms with E-state index in [4.69, 9.17) is 81.0 Å². The van der Waals surface area contributed by atoms with Crippen LogP contribution in [0.15, 0.2) is 46.0 Å². The van der Waals surface area contributed by atoms with Gasteiger partial charge in [-0.3, -0.25) is 65.9 Å². The van der Waals surface area contributed by atoms with Crippen molar-refractivity contribution >= 4 is 118 Å². The molecule has 21 atom stereocenters. The molecule has 15 N–H and O–H groups in total. The number of methoxy groups -OCH3 is 1. The van der Waals surface area contributed by atoms with Gasteiger partial charge in [0.05, 0.1) is 52.5 Å². The number of phosphoric ester groups is 3. The van der Waals surface area contributed by atoms with Gasteiger partial charge in [-0.15, -0.1) is 0 Å². The Labute approximate surface area is 551 Å². The third kappa shape index (κ3) is 14.3. The summed E-state index contributed by atoms with van der Waals surface area (Å²) in [5, 5.41) is 44.6. The molecule has 99 heavy (non-hydrogen) atoms. The summed E-state index contributed by atoms with van der Waals surface area (Å²) >= 11 is 5.26. The molecule has 0 spiro atoms. The minimum Gasteiger partial charge on any atom is -0.780 e. The molecule has 4 saturated heterocycles. The highest BCUT2D eigenvalue weighted by atomic mass is 32.5. The van der Waals surface area contributed by atoms with Gasteiger partial charge in [0.15, 0.2) is 64.5 Å². The Balaban J connectivity index is 0.742. The molecule has 540 valence electrons. The maximum atomic E-state index is 16.2. The molecular formula is C43H52FN20O29P5S-4. The van der Waals surface area contributed by atoms with E-state index in [-0.39, 0.29) is 56.4 Å². The largest absolute Gasteiger partial charge is 0.780 e. The summed E-state index contributed by atoms with van der Waals surface area (Å²) in [6.45, 7) is -9.63. The van der Waals surface area contributed by atoms with Gasteiger partial charge >= 0.3 is 5.65 Å². The van der Waals surface area contributed by atoms with E-state index in [1.807, 2.05) is 0 Å². The first-order valence-electron chi connectivity index (χ1n) is 28.0. The molecule has 0 saturated carbocycles. The van der Waals surface area contributed by atoms with Gasteiger partial charge in [-0.05, 0) is 6.92 Å². The van der Waals surface area contributed by atoms with Crippen LogP contribution in [0.3, 0.4) is 0 Å². The highest BCUT2D eigenvalue weighted by Gasteiger charge is 2.58. The van der Waals surface area contributed by atoms with Gasteiger partial charge in [-0.1, -0.05) is 16.8 Å². The number of phosphoric acid groups is 4. The van der Waals surface area contributed by atoms with Crippen LogP contribution in [0.4, 0.5) is 28.1 Å². The molecule has 12 heterocycles. The Morgan fingerprint density at radius 1 is 0.606 bits per heavy atom. The second-order valence-electron chi connectivity index (χ2n) is 22.1. The number of nitrogen functional groups attached to an aromatic ring is 4. The van der Waals surface area contributed by atoms with Crippen LogP contribution >= 0.6 is 38.0 Å². The number of nitrogens with one attached hydrogen (secondary N) is 3. The molecule has 56 heteroatoms. The minimum atomic E-state index is -6.72. The number of aromatic nitrogens is 16. The summed E-state index contributed by atoms with van der Waals surface area (Å²) in [7, 11) is -23.0. The number of aliphatic hydroxyl groups is 4. The molecule has 4 aliphatic heterocycles. The fraction of sp³-hybridized carbons (Fsp3) is 0.535. The predicted molar refractivity (Wildman–Crippen MR) is 311 cm³/mol. The highest BCUT2D eigenvalue weighted by molar-refractivity contribution is 8.06. The number of alkyl halides is 1. The van der Waals surface area contributed by atoms with Gasteiger partial charge in [-0.25, -0.2) is 42.5 Å². The van der Waals surface area contributed by atoms with Crippen LogP contribution in [-0.4, -0.2) is 200 Å². The van der Waals surface area contributed by atoms with Crippen molar-refractivity contribution < 1.29 is 132 Å². The predicted octanol–water partition coefficient (Wildman–Crippen LogP) is -7.91. The average Bonchev–Trinajstić information content (AvgIpc) is 1.60. The van der Waals surface area contributed by atoms with E-state index in [1.165, 1.54) is 11.6 Å². The summed E-state index contributed by atoms with van der Waals surface area (Å²) in [6.07, 6.45) is -23.5. The van der Waals surface area contributed by atoms with E-state index in [0.29, 0.717) is 0 Å². The number of aliphatic hydroxyl groups excluding tert-OH is 4. The van der Waals surface area contributed by atoms with Crippen LogP contribution in [0.25, 0.3) is 44.7 Å². The van der Waals surface area contributed by atoms with E-state index in [9.17, 15) is 77.5 Å². The van der Waals surface area contributed by atoms with Crippen molar-refractivity contribution in [1.29, 1.82) is 0 Å². The van der Waals surface area contributed by atoms with Crippen LogP contribution < -0.4 is 68.6 Å². The van der Waals surface area contributed by atoms with Gasteiger partial charge in [-0.2, -0.15) is 9.97 Å². The Kier molecular flexibility index (Phi) is 19.5. The smallest absolute Gasteiger partial charge is 0.313 e. The number of halogens is 1. The summed E-state index contributed by atoms with van der Waals surface area (Å²) in [6, 6.07) is 0. The first kappa shape index (κ1) is 72.2. The average molecular weight is 1520 g/mol. The number of H-pyrrole nitrogens is 3. The number of anilines is 4. The number of nitrogens with zero attached hydrogens (tertiary/aromatic N) is 13. The Morgan fingerprint density at radius 2 is 1.10 bits per heavy atom. The lowest BCUT2D eigenvalue weighted by Gasteiger charge is -2.36. The molecule has 49 nitrogen and oxygen atoms in total. The van der Waals surface area contributed by atoms with Gasteiger partial charge < -0.3 is 119 Å². The normalized spacial score (nSPS) is 31.3. The van der Waals surface area contributed by atoms with Crippen molar-refractivity contribution in [2.24, 2.45) is 7.05 Å². The third-order valence-corrected chi connectivity index (χ3v) is 22.2. The van der Waals surface area contributed by atoms with Gasteiger partial charge in [0.25, 0.3) is 53.9 Å². The monoisotopic (exact) mass is 1520 g/mol. The first-order chi connectivity index (χ1) is 46.4. The lowest BCUT2D eigenvalue weighted by atomic mass is 9.98. The Morgan fingerprint density at radius 3 is 1.71 bits per heavy atom. The molecule has 4 aliphatic rings. The molecule has 21 unspecified atom stereocenters. The topological polar surface area (TPSA) is 714 Å². The maximum absolute atomic E-state index is 16.2. The van der Waals surface area contributed by atoms with Crippen molar-refractivity contribution in [3.05, 3.63) is 62.7 Å². The van der Waals surface area contributed by atoms with Crippen LogP contribution in [0.2, 0.25) is 0 Å². The number of aromatic amines is 3. The van der Waals surface area contributed by atoms with Crippen LogP contribution in [0.5, 0.6) is 0 Å². The Bertz CT molecular complexity index is 4890.